The molecule has 0 saturated heterocycles. The smallest absolute Gasteiger partial charge is 0.316 e. The van der Waals surface area contributed by atoms with E-state index in [1.165, 1.54) is 7.05 Å². The highest BCUT2D eigenvalue weighted by atomic mass is 16.5. The van der Waals surface area contributed by atoms with E-state index in [9.17, 15) is 9.59 Å². The Balaban J connectivity index is 1.58. The van der Waals surface area contributed by atoms with Crippen LogP contribution < -0.4 is 16.0 Å². The third kappa shape index (κ3) is 6.97. The van der Waals surface area contributed by atoms with Crippen molar-refractivity contribution >= 4 is 11.9 Å². The number of ether oxygens (including phenoxy) is 1. The van der Waals surface area contributed by atoms with Gasteiger partial charge in [-0.3, -0.25) is 4.79 Å². The van der Waals surface area contributed by atoms with Crippen LogP contribution in [0.5, 0.6) is 0 Å². The van der Waals surface area contributed by atoms with Crippen LogP contribution in [0.3, 0.4) is 0 Å². The summed E-state index contributed by atoms with van der Waals surface area (Å²) in [6, 6.07) is 27.2. The number of carbonyl (C=O) groups excluding carboxylic acids is 2. The molecule has 0 saturated carbocycles. The largest absolute Gasteiger partial charge is 0.376 e. The van der Waals surface area contributed by atoms with Crippen molar-refractivity contribution in [1.29, 1.82) is 0 Å². The molecule has 0 radical (unpaired) electrons. The van der Waals surface area contributed by atoms with Gasteiger partial charge < -0.3 is 20.7 Å². The van der Waals surface area contributed by atoms with E-state index < -0.39 is 6.17 Å². The van der Waals surface area contributed by atoms with Crippen molar-refractivity contribution in [2.45, 2.75) is 19.2 Å². The molecule has 6 nitrogen and oxygen atoms in total. The van der Waals surface area contributed by atoms with Crippen molar-refractivity contribution in [3.05, 3.63) is 96.1 Å². The normalized spacial score (nSPS) is 11.4. The van der Waals surface area contributed by atoms with E-state index in [0.717, 1.165) is 22.3 Å². The number of carbonyl (C=O) groups is 2. The second-order valence-corrected chi connectivity index (χ2v) is 7.00. The predicted molar refractivity (Wildman–Crippen MR) is 121 cm³/mol. The number of hydrogen-bond acceptors (Lipinski definition) is 3. The lowest BCUT2D eigenvalue weighted by Gasteiger charge is -2.21. The maximum atomic E-state index is 12.4. The van der Waals surface area contributed by atoms with Crippen LogP contribution >= 0.6 is 0 Å². The van der Waals surface area contributed by atoms with Crippen molar-refractivity contribution in [2.24, 2.45) is 0 Å². The van der Waals surface area contributed by atoms with Gasteiger partial charge in [0.1, 0.15) is 6.17 Å². The Morgan fingerprint density at radius 1 is 0.806 bits per heavy atom. The summed E-state index contributed by atoms with van der Waals surface area (Å²) in [5.74, 6) is -0.207. The topological polar surface area (TPSA) is 79.5 Å². The quantitative estimate of drug-likeness (QED) is 0.364. The summed E-state index contributed by atoms with van der Waals surface area (Å²) >= 11 is 0. The van der Waals surface area contributed by atoms with Crippen LogP contribution in [0.15, 0.2) is 84.9 Å². The number of hydrogen-bond donors (Lipinski definition) is 3. The number of nitrogens with one attached hydrogen (secondary N) is 3. The number of rotatable bonds is 9. The molecule has 0 aliphatic carbocycles. The van der Waals surface area contributed by atoms with E-state index in [-0.39, 0.29) is 18.4 Å². The van der Waals surface area contributed by atoms with E-state index in [2.05, 4.69) is 16.0 Å². The number of urea groups is 1. The minimum absolute atomic E-state index is 0.195. The fourth-order valence-electron chi connectivity index (χ4n) is 3.07. The highest BCUT2D eigenvalue weighted by molar-refractivity contribution is 5.78. The molecule has 1 unspecified atom stereocenters. The molecule has 0 aromatic heterocycles. The standard InChI is InChI=1S/C25H27N3O3/c1-26-25(30)28-24(22-14-12-21(13-15-22)20-10-6-3-7-11-20)27-23(29)16-17-31-18-19-8-4-2-5-9-19/h2-15,24H,16-18H2,1H3,(H,27,29)(H2,26,28,30). The minimum Gasteiger partial charge on any atom is -0.376 e. The van der Waals surface area contributed by atoms with Crippen molar-refractivity contribution < 1.29 is 14.3 Å². The second kappa shape index (κ2) is 11.5. The van der Waals surface area contributed by atoms with E-state index in [0.29, 0.717) is 13.2 Å². The molecule has 3 aromatic carbocycles. The molecule has 0 fully saturated rings. The SMILES string of the molecule is CNC(=O)NC(NC(=O)CCOCc1ccccc1)c1ccc(-c2ccccc2)cc1. The first-order valence-electron chi connectivity index (χ1n) is 10.2. The first kappa shape index (κ1) is 22.1. The van der Waals surface area contributed by atoms with Crippen LogP contribution in [-0.2, 0) is 16.1 Å². The van der Waals surface area contributed by atoms with E-state index in [4.69, 9.17) is 4.74 Å². The molecule has 0 spiro atoms. The summed E-state index contributed by atoms with van der Waals surface area (Å²) in [6.45, 7) is 0.745. The van der Waals surface area contributed by atoms with Crippen LogP contribution in [0.1, 0.15) is 23.7 Å². The molecule has 160 valence electrons. The first-order valence-corrected chi connectivity index (χ1v) is 10.2. The number of benzene rings is 3. The molecule has 0 aliphatic rings. The van der Waals surface area contributed by atoms with Crippen LogP contribution in [0.4, 0.5) is 4.79 Å². The Morgan fingerprint density at radius 2 is 1.42 bits per heavy atom. The molecular weight excluding hydrogens is 390 g/mol. The zero-order chi connectivity index (χ0) is 21.9. The van der Waals surface area contributed by atoms with Crippen LogP contribution in [0, 0.1) is 0 Å². The molecule has 0 heterocycles. The molecule has 3 N–H and O–H groups in total. The van der Waals surface area contributed by atoms with Crippen LogP contribution in [-0.4, -0.2) is 25.6 Å². The third-order valence-corrected chi connectivity index (χ3v) is 4.74. The van der Waals surface area contributed by atoms with Gasteiger partial charge >= 0.3 is 6.03 Å². The van der Waals surface area contributed by atoms with Gasteiger partial charge in [0.25, 0.3) is 0 Å². The van der Waals surface area contributed by atoms with E-state index in [1.807, 2.05) is 84.9 Å². The Morgan fingerprint density at radius 3 is 2.06 bits per heavy atom. The van der Waals surface area contributed by atoms with E-state index in [1.54, 1.807) is 0 Å². The van der Waals surface area contributed by atoms with Crippen LogP contribution in [0.2, 0.25) is 0 Å². The second-order valence-electron chi connectivity index (χ2n) is 7.00. The predicted octanol–water partition coefficient (Wildman–Crippen LogP) is 4.00. The summed E-state index contributed by atoms with van der Waals surface area (Å²) in [5, 5.41) is 8.15. The highest BCUT2D eigenvalue weighted by Gasteiger charge is 2.16. The molecular formula is C25H27N3O3. The fraction of sp³-hybridized carbons (Fsp3) is 0.200. The van der Waals surface area contributed by atoms with Gasteiger partial charge in [-0.15, -0.1) is 0 Å². The zero-order valence-electron chi connectivity index (χ0n) is 17.5. The summed E-state index contributed by atoms with van der Waals surface area (Å²) in [5.41, 5.74) is 4.00. The highest BCUT2D eigenvalue weighted by Crippen LogP contribution is 2.21. The Hall–Kier alpha value is -3.64. The molecule has 0 bridgehead atoms. The zero-order valence-corrected chi connectivity index (χ0v) is 17.5. The first-order chi connectivity index (χ1) is 15.2. The Kier molecular flexibility index (Phi) is 8.20. The average Bonchev–Trinajstić information content (AvgIpc) is 2.82. The molecule has 31 heavy (non-hydrogen) atoms. The van der Waals surface area contributed by atoms with Gasteiger partial charge in [0.15, 0.2) is 0 Å². The van der Waals surface area contributed by atoms with Gasteiger partial charge in [0, 0.05) is 7.05 Å². The molecule has 0 aliphatic heterocycles. The van der Waals surface area contributed by atoms with Crippen LogP contribution in [0.25, 0.3) is 11.1 Å². The van der Waals surface area contributed by atoms with Gasteiger partial charge in [-0.25, -0.2) is 4.79 Å². The van der Waals surface area contributed by atoms with Crippen molar-refractivity contribution in [1.82, 2.24) is 16.0 Å². The van der Waals surface area contributed by atoms with E-state index >= 15 is 0 Å². The third-order valence-electron chi connectivity index (χ3n) is 4.74. The maximum absolute atomic E-state index is 12.4. The van der Waals surface area contributed by atoms with Crippen molar-refractivity contribution in [3.63, 3.8) is 0 Å². The van der Waals surface area contributed by atoms with Gasteiger partial charge in [-0.2, -0.15) is 0 Å². The van der Waals surface area contributed by atoms with Crippen molar-refractivity contribution in [2.75, 3.05) is 13.7 Å². The lowest BCUT2D eigenvalue weighted by Crippen LogP contribution is -2.44. The summed E-state index contributed by atoms with van der Waals surface area (Å²) in [4.78, 5) is 24.3. The summed E-state index contributed by atoms with van der Waals surface area (Å²) < 4.78 is 5.58. The minimum atomic E-state index is -0.647. The molecule has 3 rings (SSSR count). The Labute approximate surface area is 182 Å². The van der Waals surface area contributed by atoms with Gasteiger partial charge in [-0.05, 0) is 22.3 Å². The number of amides is 3. The van der Waals surface area contributed by atoms with Gasteiger partial charge in [-0.1, -0.05) is 84.9 Å². The maximum Gasteiger partial charge on any atom is 0.316 e. The average molecular weight is 418 g/mol. The lowest BCUT2D eigenvalue weighted by molar-refractivity contribution is -0.123. The molecule has 3 amide bonds. The summed E-state index contributed by atoms with van der Waals surface area (Å²) in [7, 11) is 1.53. The lowest BCUT2D eigenvalue weighted by atomic mass is 10.0. The molecule has 6 heteroatoms. The van der Waals surface area contributed by atoms with Gasteiger partial charge in [0.05, 0.1) is 19.6 Å². The Bertz CT molecular complexity index is 960. The van der Waals surface area contributed by atoms with Crippen molar-refractivity contribution in [3.8, 4) is 11.1 Å². The summed E-state index contributed by atoms with van der Waals surface area (Å²) in [6.07, 6.45) is -0.452. The molecule has 1 atom stereocenters. The monoisotopic (exact) mass is 417 g/mol. The van der Waals surface area contributed by atoms with Gasteiger partial charge in [0.2, 0.25) is 5.91 Å². The fourth-order valence-corrected chi connectivity index (χ4v) is 3.07. The molecule has 3 aromatic rings.